The predicted molar refractivity (Wildman–Crippen MR) is 122 cm³/mol. The van der Waals surface area contributed by atoms with Crippen LogP contribution >= 0.6 is 0 Å². The first-order chi connectivity index (χ1) is 16.4. The third kappa shape index (κ3) is 9.59. The highest BCUT2D eigenvalue weighted by molar-refractivity contribution is 5.95. The number of phenols is 1. The molecule has 1 aromatic rings. The molecule has 0 radical (unpaired) electrons. The Morgan fingerprint density at radius 1 is 0.886 bits per heavy atom. The number of rotatable bonds is 14. The van der Waals surface area contributed by atoms with Gasteiger partial charge < -0.3 is 42.1 Å². The summed E-state index contributed by atoms with van der Waals surface area (Å²) in [6, 6.07) is -0.0252. The third-order valence-corrected chi connectivity index (χ3v) is 5.38. The van der Waals surface area contributed by atoms with Crippen LogP contribution in [0.3, 0.4) is 0 Å². The minimum absolute atomic E-state index is 0.0492. The first-order valence-electron chi connectivity index (χ1n) is 10.9. The molecule has 0 aliphatic rings. The van der Waals surface area contributed by atoms with E-state index in [4.69, 9.17) is 10.8 Å². The van der Waals surface area contributed by atoms with Gasteiger partial charge in [-0.25, -0.2) is 4.79 Å². The molecule has 0 heterocycles. The SMILES string of the molecule is CCC(C)C(N)C(=O)NC(CC(=O)O)C(=O)NC(Cc1ccc(O)cc1)C(=O)NC(CO)C(=O)O. The van der Waals surface area contributed by atoms with E-state index in [1.165, 1.54) is 24.3 Å². The van der Waals surface area contributed by atoms with E-state index in [0.29, 0.717) is 12.0 Å². The number of aliphatic carboxylic acids is 2. The molecule has 0 aliphatic heterocycles. The van der Waals surface area contributed by atoms with Gasteiger partial charge >= 0.3 is 11.9 Å². The highest BCUT2D eigenvalue weighted by atomic mass is 16.4. The van der Waals surface area contributed by atoms with Gasteiger partial charge in [0.2, 0.25) is 17.7 Å². The first-order valence-corrected chi connectivity index (χ1v) is 10.9. The van der Waals surface area contributed by atoms with E-state index in [-0.39, 0.29) is 18.1 Å². The molecule has 0 saturated carbocycles. The molecule has 0 bridgehead atoms. The van der Waals surface area contributed by atoms with Crippen LogP contribution in [0, 0.1) is 5.92 Å². The molecule has 5 atom stereocenters. The Balaban J connectivity index is 3.14. The van der Waals surface area contributed by atoms with Crippen LogP contribution in [0.4, 0.5) is 0 Å². The molecule has 13 nitrogen and oxygen atoms in total. The normalized spacial score (nSPS) is 15.1. The van der Waals surface area contributed by atoms with Crippen LogP contribution in [0.5, 0.6) is 5.75 Å². The molecule has 13 heteroatoms. The van der Waals surface area contributed by atoms with Crippen LogP contribution in [-0.2, 0) is 30.4 Å². The number of nitrogens with one attached hydrogen (secondary N) is 3. The van der Waals surface area contributed by atoms with E-state index >= 15 is 0 Å². The molecule has 3 amide bonds. The molecule has 0 spiro atoms. The summed E-state index contributed by atoms with van der Waals surface area (Å²) in [4.78, 5) is 60.6. The average Bonchev–Trinajstić information content (AvgIpc) is 2.81. The Hall–Kier alpha value is -3.71. The number of hydrogen-bond donors (Lipinski definition) is 8. The van der Waals surface area contributed by atoms with Crippen LogP contribution in [0.15, 0.2) is 24.3 Å². The zero-order valence-corrected chi connectivity index (χ0v) is 19.4. The van der Waals surface area contributed by atoms with Crippen molar-refractivity contribution in [1.29, 1.82) is 0 Å². The molecular weight excluding hydrogens is 464 g/mol. The second-order valence-electron chi connectivity index (χ2n) is 8.08. The van der Waals surface area contributed by atoms with Gasteiger partial charge in [0.1, 0.15) is 23.9 Å². The summed E-state index contributed by atoms with van der Waals surface area (Å²) in [7, 11) is 0. The Kier molecular flexibility index (Phi) is 11.6. The fraction of sp³-hybridized carbons (Fsp3) is 0.500. The maximum Gasteiger partial charge on any atom is 0.328 e. The molecule has 0 aliphatic carbocycles. The van der Waals surface area contributed by atoms with Crippen molar-refractivity contribution >= 4 is 29.7 Å². The van der Waals surface area contributed by atoms with Gasteiger partial charge in [-0.05, 0) is 23.6 Å². The summed E-state index contributed by atoms with van der Waals surface area (Å²) in [5.41, 5.74) is 6.33. The Bertz CT molecular complexity index is 907. The van der Waals surface area contributed by atoms with Crippen LogP contribution in [0.2, 0.25) is 0 Å². The van der Waals surface area contributed by atoms with Crippen molar-refractivity contribution in [3.05, 3.63) is 29.8 Å². The maximum atomic E-state index is 12.9. The minimum Gasteiger partial charge on any atom is -0.508 e. The summed E-state index contributed by atoms with van der Waals surface area (Å²) >= 11 is 0. The number of carbonyl (C=O) groups is 5. The van der Waals surface area contributed by atoms with Gasteiger partial charge in [-0.3, -0.25) is 19.2 Å². The van der Waals surface area contributed by atoms with Gasteiger partial charge in [0, 0.05) is 6.42 Å². The molecule has 5 unspecified atom stereocenters. The van der Waals surface area contributed by atoms with Gasteiger partial charge in [-0.15, -0.1) is 0 Å². The fourth-order valence-corrected chi connectivity index (χ4v) is 2.97. The lowest BCUT2D eigenvalue weighted by Gasteiger charge is -2.25. The van der Waals surface area contributed by atoms with Gasteiger partial charge in [0.25, 0.3) is 0 Å². The summed E-state index contributed by atoms with van der Waals surface area (Å²) in [6.45, 7) is 2.61. The van der Waals surface area contributed by atoms with E-state index in [0.717, 1.165) is 0 Å². The Morgan fingerprint density at radius 2 is 1.40 bits per heavy atom. The molecule has 0 fully saturated rings. The maximum absolute atomic E-state index is 12.9. The standard InChI is InChI=1S/C22H32N4O9/c1-3-11(2)18(23)21(33)25-15(9-17(29)30)20(32)24-14(8-12-4-6-13(28)7-5-12)19(31)26-16(10-27)22(34)35/h4-7,11,14-16,18,27-28H,3,8-10,23H2,1-2H3,(H,24,32)(H,25,33)(H,26,31)(H,29,30)(H,34,35). The van der Waals surface area contributed by atoms with E-state index in [1.807, 2.05) is 6.92 Å². The highest BCUT2D eigenvalue weighted by Gasteiger charge is 2.32. The van der Waals surface area contributed by atoms with Gasteiger partial charge in [0.15, 0.2) is 0 Å². The number of carboxylic acid groups (broad SMARTS) is 2. The summed E-state index contributed by atoms with van der Waals surface area (Å²) in [6.07, 6.45) is -0.405. The summed E-state index contributed by atoms with van der Waals surface area (Å²) in [5.74, 6) is -5.92. The van der Waals surface area contributed by atoms with Crippen molar-refractivity contribution in [3.8, 4) is 5.75 Å². The molecule has 0 saturated heterocycles. The van der Waals surface area contributed by atoms with Crippen LogP contribution < -0.4 is 21.7 Å². The third-order valence-electron chi connectivity index (χ3n) is 5.38. The number of aromatic hydroxyl groups is 1. The molecule has 194 valence electrons. The van der Waals surface area contributed by atoms with Crippen LogP contribution in [-0.4, -0.2) is 80.9 Å². The molecule has 1 aromatic carbocycles. The second-order valence-corrected chi connectivity index (χ2v) is 8.08. The number of carboxylic acids is 2. The van der Waals surface area contributed by atoms with Gasteiger partial charge in [-0.2, -0.15) is 0 Å². The zero-order valence-electron chi connectivity index (χ0n) is 19.4. The van der Waals surface area contributed by atoms with Crippen molar-refractivity contribution in [2.24, 2.45) is 11.7 Å². The number of aliphatic hydroxyl groups excluding tert-OH is 1. The molecule has 0 aromatic heterocycles. The van der Waals surface area contributed by atoms with Gasteiger partial charge in [-0.1, -0.05) is 32.4 Å². The number of amides is 3. The lowest BCUT2D eigenvalue weighted by Crippen LogP contribution is -2.58. The minimum atomic E-state index is -1.65. The average molecular weight is 497 g/mol. The zero-order chi connectivity index (χ0) is 26.7. The smallest absolute Gasteiger partial charge is 0.328 e. The molecule has 35 heavy (non-hydrogen) atoms. The Labute approximate surface area is 201 Å². The van der Waals surface area contributed by atoms with E-state index in [2.05, 4.69) is 16.0 Å². The monoisotopic (exact) mass is 496 g/mol. The predicted octanol–water partition coefficient (Wildman–Crippen LogP) is -1.69. The summed E-state index contributed by atoms with van der Waals surface area (Å²) in [5, 5.41) is 43.7. The number of aliphatic hydroxyl groups is 1. The van der Waals surface area contributed by atoms with E-state index < -0.39 is 66.9 Å². The van der Waals surface area contributed by atoms with Crippen molar-refractivity contribution in [3.63, 3.8) is 0 Å². The van der Waals surface area contributed by atoms with Crippen molar-refractivity contribution in [2.75, 3.05) is 6.61 Å². The van der Waals surface area contributed by atoms with Crippen LogP contribution in [0.1, 0.15) is 32.3 Å². The van der Waals surface area contributed by atoms with Crippen molar-refractivity contribution in [1.82, 2.24) is 16.0 Å². The van der Waals surface area contributed by atoms with E-state index in [1.54, 1.807) is 6.92 Å². The first kappa shape index (κ1) is 29.3. The number of benzene rings is 1. The quantitative estimate of drug-likeness (QED) is 0.146. The Morgan fingerprint density at radius 3 is 1.89 bits per heavy atom. The van der Waals surface area contributed by atoms with Crippen molar-refractivity contribution in [2.45, 2.75) is 57.3 Å². The molecular formula is C22H32N4O9. The number of hydrogen-bond acceptors (Lipinski definition) is 8. The lowest BCUT2D eigenvalue weighted by molar-refractivity contribution is -0.144. The van der Waals surface area contributed by atoms with E-state index in [9.17, 15) is 39.3 Å². The number of nitrogens with two attached hydrogens (primary N) is 1. The second kappa shape index (κ2) is 13.9. The fourth-order valence-electron chi connectivity index (χ4n) is 2.97. The van der Waals surface area contributed by atoms with Crippen molar-refractivity contribution < 1.29 is 44.4 Å². The number of carbonyl (C=O) groups excluding carboxylic acids is 3. The van der Waals surface area contributed by atoms with Gasteiger partial charge in [0.05, 0.1) is 19.1 Å². The molecule has 1 rings (SSSR count). The molecule has 9 N–H and O–H groups in total. The number of phenolic OH excluding ortho intramolecular Hbond substituents is 1. The largest absolute Gasteiger partial charge is 0.508 e. The topological polar surface area (TPSA) is 228 Å². The highest BCUT2D eigenvalue weighted by Crippen LogP contribution is 2.12. The summed E-state index contributed by atoms with van der Waals surface area (Å²) < 4.78 is 0. The van der Waals surface area contributed by atoms with Crippen LogP contribution in [0.25, 0.3) is 0 Å². The lowest BCUT2D eigenvalue weighted by atomic mass is 9.98.